The van der Waals surface area contributed by atoms with Crippen molar-refractivity contribution in [2.75, 3.05) is 6.54 Å². The highest BCUT2D eigenvalue weighted by molar-refractivity contribution is 5.82. The number of benzene rings is 2. The summed E-state index contributed by atoms with van der Waals surface area (Å²) in [7, 11) is 0. The van der Waals surface area contributed by atoms with Crippen LogP contribution in [0.5, 0.6) is 0 Å². The van der Waals surface area contributed by atoms with Crippen LogP contribution in [0.3, 0.4) is 0 Å². The Kier molecular flexibility index (Phi) is 3.82. The minimum Gasteiger partial charge on any atom is -0.368 e. The second-order valence-corrected chi connectivity index (χ2v) is 6.25. The molecular formula is C19H18N4O2. The highest BCUT2D eigenvalue weighted by Gasteiger charge is 2.31. The van der Waals surface area contributed by atoms with Crippen LogP contribution in [0, 0.1) is 0 Å². The van der Waals surface area contributed by atoms with Gasteiger partial charge in [-0.1, -0.05) is 36.4 Å². The van der Waals surface area contributed by atoms with Crippen LogP contribution >= 0.6 is 0 Å². The van der Waals surface area contributed by atoms with Crippen molar-refractivity contribution in [3.05, 3.63) is 75.8 Å². The summed E-state index contributed by atoms with van der Waals surface area (Å²) in [4.78, 5) is 33.7. The van der Waals surface area contributed by atoms with Crippen LogP contribution in [-0.4, -0.2) is 27.3 Å². The molecule has 3 aromatic rings. The van der Waals surface area contributed by atoms with Crippen LogP contribution in [0.15, 0.2) is 53.3 Å². The van der Waals surface area contributed by atoms with Crippen LogP contribution in [0.25, 0.3) is 10.9 Å². The third-order valence-electron chi connectivity index (χ3n) is 4.67. The standard InChI is InChI=1S/C19H18N4O2/c20-18(24)17-13-6-2-1-5-12(13)9-10-23(17)11-16-21-15-8-4-3-7-14(15)19(25)22-16/h1-8,17H,9-11H2,(H2,20,24)(H,21,22,25). The second kappa shape index (κ2) is 6.14. The first kappa shape index (κ1) is 15.5. The maximum atomic E-state index is 12.2. The van der Waals surface area contributed by atoms with Crippen LogP contribution in [-0.2, 0) is 17.8 Å². The van der Waals surface area contributed by atoms with Crippen molar-refractivity contribution in [1.29, 1.82) is 0 Å². The van der Waals surface area contributed by atoms with Gasteiger partial charge in [-0.3, -0.25) is 14.5 Å². The molecule has 1 aliphatic heterocycles. The molecule has 0 saturated carbocycles. The number of nitrogens with zero attached hydrogens (tertiary/aromatic N) is 2. The van der Waals surface area contributed by atoms with Gasteiger partial charge in [-0.15, -0.1) is 0 Å². The molecule has 6 nitrogen and oxygen atoms in total. The summed E-state index contributed by atoms with van der Waals surface area (Å²) >= 11 is 0. The summed E-state index contributed by atoms with van der Waals surface area (Å²) in [6.45, 7) is 1.04. The lowest BCUT2D eigenvalue weighted by atomic mass is 9.92. The van der Waals surface area contributed by atoms with Crippen molar-refractivity contribution in [2.45, 2.75) is 19.0 Å². The molecule has 1 amide bonds. The summed E-state index contributed by atoms with van der Waals surface area (Å²) in [6, 6.07) is 14.5. The number of amides is 1. The van der Waals surface area contributed by atoms with E-state index in [2.05, 4.69) is 9.97 Å². The number of para-hydroxylation sites is 1. The van der Waals surface area contributed by atoms with Crippen molar-refractivity contribution in [1.82, 2.24) is 14.9 Å². The van der Waals surface area contributed by atoms with Gasteiger partial charge in [0.25, 0.3) is 5.56 Å². The molecule has 0 spiro atoms. The third-order valence-corrected chi connectivity index (χ3v) is 4.67. The maximum Gasteiger partial charge on any atom is 0.258 e. The number of primary amides is 1. The zero-order chi connectivity index (χ0) is 17.4. The molecule has 126 valence electrons. The van der Waals surface area contributed by atoms with E-state index in [4.69, 9.17) is 5.73 Å². The molecular weight excluding hydrogens is 316 g/mol. The van der Waals surface area contributed by atoms with Gasteiger partial charge in [-0.2, -0.15) is 0 Å². The highest BCUT2D eigenvalue weighted by Crippen LogP contribution is 2.30. The molecule has 1 aliphatic rings. The molecule has 1 atom stereocenters. The number of nitrogens with two attached hydrogens (primary N) is 1. The van der Waals surface area contributed by atoms with Crippen LogP contribution in [0.2, 0.25) is 0 Å². The minimum absolute atomic E-state index is 0.173. The minimum atomic E-state index is -0.512. The number of hydrogen-bond donors (Lipinski definition) is 2. The van der Waals surface area contributed by atoms with Crippen molar-refractivity contribution in [2.24, 2.45) is 5.73 Å². The number of aromatic nitrogens is 2. The lowest BCUT2D eigenvalue weighted by Gasteiger charge is -2.35. The number of aromatic amines is 1. The van der Waals surface area contributed by atoms with E-state index in [1.54, 1.807) is 6.07 Å². The van der Waals surface area contributed by atoms with Gasteiger partial charge in [0.15, 0.2) is 0 Å². The van der Waals surface area contributed by atoms with Gasteiger partial charge >= 0.3 is 0 Å². The normalized spacial score (nSPS) is 17.4. The Hall–Kier alpha value is -2.99. The third kappa shape index (κ3) is 2.81. The molecule has 2 heterocycles. The molecule has 4 rings (SSSR count). The highest BCUT2D eigenvalue weighted by atomic mass is 16.1. The zero-order valence-corrected chi connectivity index (χ0v) is 13.6. The lowest BCUT2D eigenvalue weighted by Crippen LogP contribution is -2.42. The predicted molar refractivity (Wildman–Crippen MR) is 94.9 cm³/mol. The van der Waals surface area contributed by atoms with E-state index >= 15 is 0 Å². The Morgan fingerprint density at radius 3 is 2.80 bits per heavy atom. The topological polar surface area (TPSA) is 92.1 Å². The van der Waals surface area contributed by atoms with Gasteiger partial charge in [0.2, 0.25) is 5.91 Å². The van der Waals surface area contributed by atoms with E-state index in [1.807, 2.05) is 47.4 Å². The zero-order valence-electron chi connectivity index (χ0n) is 13.6. The van der Waals surface area contributed by atoms with Gasteiger partial charge in [-0.05, 0) is 29.7 Å². The Morgan fingerprint density at radius 1 is 1.20 bits per heavy atom. The summed E-state index contributed by atoms with van der Waals surface area (Å²) in [6.07, 6.45) is 0.831. The number of H-pyrrole nitrogens is 1. The van der Waals surface area contributed by atoms with E-state index in [-0.39, 0.29) is 5.56 Å². The van der Waals surface area contributed by atoms with E-state index < -0.39 is 11.9 Å². The molecule has 0 fully saturated rings. The van der Waals surface area contributed by atoms with E-state index in [0.717, 1.165) is 17.5 Å². The summed E-state index contributed by atoms with van der Waals surface area (Å²) in [5.41, 5.74) is 8.22. The SMILES string of the molecule is NC(=O)C1c2ccccc2CCN1Cc1nc2ccccc2c(=O)[nH]1. The molecule has 2 aromatic carbocycles. The molecule has 1 unspecified atom stereocenters. The monoisotopic (exact) mass is 334 g/mol. The predicted octanol–water partition coefficient (Wildman–Crippen LogP) is 1.51. The smallest absolute Gasteiger partial charge is 0.258 e. The molecule has 1 aromatic heterocycles. The number of nitrogens with one attached hydrogen (secondary N) is 1. The van der Waals surface area contributed by atoms with Crippen LogP contribution in [0.1, 0.15) is 23.0 Å². The molecule has 0 saturated heterocycles. The Labute approximate surface area is 144 Å². The number of fused-ring (bicyclic) bond motifs is 2. The Bertz CT molecular complexity index is 1010. The number of hydrogen-bond acceptors (Lipinski definition) is 4. The van der Waals surface area contributed by atoms with E-state index in [0.29, 0.717) is 29.8 Å². The fourth-order valence-electron chi connectivity index (χ4n) is 3.52. The average molecular weight is 334 g/mol. The molecule has 3 N–H and O–H groups in total. The van der Waals surface area contributed by atoms with Gasteiger partial charge in [0.1, 0.15) is 11.9 Å². The van der Waals surface area contributed by atoms with Gasteiger partial charge in [0, 0.05) is 6.54 Å². The fourth-order valence-corrected chi connectivity index (χ4v) is 3.52. The second-order valence-electron chi connectivity index (χ2n) is 6.25. The summed E-state index contributed by atoms with van der Waals surface area (Å²) < 4.78 is 0. The van der Waals surface area contributed by atoms with Crippen molar-refractivity contribution < 1.29 is 4.79 Å². The first-order valence-electron chi connectivity index (χ1n) is 8.22. The van der Waals surface area contributed by atoms with Crippen molar-refractivity contribution in [3.63, 3.8) is 0 Å². The number of rotatable bonds is 3. The lowest BCUT2D eigenvalue weighted by molar-refractivity contribution is -0.124. The van der Waals surface area contributed by atoms with Gasteiger partial charge in [-0.25, -0.2) is 4.98 Å². The first-order valence-corrected chi connectivity index (χ1v) is 8.22. The Morgan fingerprint density at radius 2 is 1.96 bits per heavy atom. The fraction of sp³-hybridized carbons (Fsp3) is 0.211. The molecule has 25 heavy (non-hydrogen) atoms. The van der Waals surface area contributed by atoms with Crippen molar-refractivity contribution >= 4 is 16.8 Å². The van der Waals surface area contributed by atoms with E-state index in [9.17, 15) is 9.59 Å². The number of carbonyl (C=O) groups excluding carboxylic acids is 1. The average Bonchev–Trinajstić information content (AvgIpc) is 2.61. The molecule has 0 bridgehead atoms. The molecule has 0 aliphatic carbocycles. The maximum absolute atomic E-state index is 12.2. The van der Waals surface area contributed by atoms with Gasteiger partial charge < -0.3 is 10.7 Å². The molecule has 6 heteroatoms. The number of carbonyl (C=O) groups is 1. The van der Waals surface area contributed by atoms with Gasteiger partial charge in [0.05, 0.1) is 17.4 Å². The van der Waals surface area contributed by atoms with Crippen LogP contribution in [0.4, 0.5) is 0 Å². The first-order chi connectivity index (χ1) is 12.1. The van der Waals surface area contributed by atoms with Crippen molar-refractivity contribution in [3.8, 4) is 0 Å². The summed E-state index contributed by atoms with van der Waals surface area (Å²) in [5, 5.41) is 0.557. The Balaban J connectivity index is 1.71. The van der Waals surface area contributed by atoms with E-state index in [1.165, 1.54) is 0 Å². The quantitative estimate of drug-likeness (QED) is 0.759. The summed E-state index contributed by atoms with van der Waals surface area (Å²) in [5.74, 6) is 0.143. The largest absolute Gasteiger partial charge is 0.368 e. The molecule has 0 radical (unpaired) electrons. The van der Waals surface area contributed by atoms with Crippen LogP contribution < -0.4 is 11.3 Å².